The molecule has 0 aliphatic carbocycles. The van der Waals surface area contributed by atoms with Crippen LogP contribution in [-0.4, -0.2) is 17.6 Å². The molecule has 2 rings (SSSR count). The van der Waals surface area contributed by atoms with Crippen molar-refractivity contribution in [1.29, 1.82) is 5.26 Å². The van der Waals surface area contributed by atoms with Crippen LogP contribution in [0, 0.1) is 18.3 Å². The maximum atomic E-state index is 12.0. The van der Waals surface area contributed by atoms with Crippen LogP contribution in [-0.2, 0) is 11.2 Å². The van der Waals surface area contributed by atoms with Gasteiger partial charge in [-0.2, -0.15) is 5.26 Å². The SMILES string of the molecule is Cc1cccc(N/C=C(/C#N)C(=O)NCCc2ccc(O)cc2)c1. The van der Waals surface area contributed by atoms with Crippen molar-refractivity contribution in [2.45, 2.75) is 13.3 Å². The van der Waals surface area contributed by atoms with Crippen molar-refractivity contribution in [1.82, 2.24) is 5.32 Å². The van der Waals surface area contributed by atoms with Crippen molar-refractivity contribution in [3.8, 4) is 11.8 Å². The number of hydrogen-bond donors (Lipinski definition) is 3. The zero-order chi connectivity index (χ0) is 17.4. The average Bonchev–Trinajstić information content (AvgIpc) is 2.57. The minimum absolute atomic E-state index is 0.0159. The fraction of sp³-hybridized carbons (Fsp3) is 0.158. The van der Waals surface area contributed by atoms with Gasteiger partial charge in [0.15, 0.2) is 0 Å². The first-order valence-corrected chi connectivity index (χ1v) is 7.58. The number of aromatic hydroxyl groups is 1. The number of phenols is 1. The highest BCUT2D eigenvalue weighted by Gasteiger charge is 2.08. The van der Waals surface area contributed by atoms with Crippen LogP contribution in [0.25, 0.3) is 0 Å². The maximum absolute atomic E-state index is 12.0. The first-order valence-electron chi connectivity index (χ1n) is 7.58. The lowest BCUT2D eigenvalue weighted by Gasteiger charge is -2.06. The van der Waals surface area contributed by atoms with E-state index in [1.165, 1.54) is 6.20 Å². The molecule has 122 valence electrons. The fourth-order valence-corrected chi connectivity index (χ4v) is 2.12. The summed E-state index contributed by atoms with van der Waals surface area (Å²) in [6.07, 6.45) is 2.03. The number of hydrogen-bond acceptors (Lipinski definition) is 4. The molecule has 2 aromatic rings. The second kappa shape index (κ2) is 8.39. The number of nitrogens with one attached hydrogen (secondary N) is 2. The molecule has 0 saturated carbocycles. The summed E-state index contributed by atoms with van der Waals surface area (Å²) in [5.41, 5.74) is 2.92. The highest BCUT2D eigenvalue weighted by atomic mass is 16.3. The summed E-state index contributed by atoms with van der Waals surface area (Å²) in [5, 5.41) is 24.0. The van der Waals surface area contributed by atoms with E-state index in [0.29, 0.717) is 13.0 Å². The second-order valence-corrected chi connectivity index (χ2v) is 5.36. The van der Waals surface area contributed by atoms with Gasteiger partial charge in [-0.25, -0.2) is 0 Å². The van der Waals surface area contributed by atoms with Crippen molar-refractivity contribution in [3.63, 3.8) is 0 Å². The molecule has 3 N–H and O–H groups in total. The Morgan fingerprint density at radius 1 is 1.25 bits per heavy atom. The number of rotatable bonds is 6. The van der Waals surface area contributed by atoms with Crippen molar-refractivity contribution in [3.05, 3.63) is 71.4 Å². The molecule has 0 radical (unpaired) electrons. The van der Waals surface area contributed by atoms with E-state index in [-0.39, 0.29) is 11.3 Å². The highest BCUT2D eigenvalue weighted by molar-refractivity contribution is 5.97. The maximum Gasteiger partial charge on any atom is 0.263 e. The number of benzene rings is 2. The lowest BCUT2D eigenvalue weighted by atomic mass is 10.1. The molecule has 0 bridgehead atoms. The predicted octanol–water partition coefficient (Wildman–Crippen LogP) is 2.88. The zero-order valence-electron chi connectivity index (χ0n) is 13.4. The van der Waals surface area contributed by atoms with E-state index < -0.39 is 5.91 Å². The predicted molar refractivity (Wildman–Crippen MR) is 93.3 cm³/mol. The molecule has 0 aromatic heterocycles. The van der Waals surface area contributed by atoms with Crippen LogP contribution in [0.3, 0.4) is 0 Å². The van der Waals surface area contributed by atoms with Gasteiger partial charge in [0.25, 0.3) is 5.91 Å². The van der Waals surface area contributed by atoms with Crippen LogP contribution in [0.15, 0.2) is 60.3 Å². The summed E-state index contributed by atoms with van der Waals surface area (Å²) in [6.45, 7) is 2.38. The summed E-state index contributed by atoms with van der Waals surface area (Å²) in [6, 6.07) is 16.3. The Bertz CT molecular complexity index is 774. The largest absolute Gasteiger partial charge is 0.508 e. The van der Waals surface area contributed by atoms with Gasteiger partial charge >= 0.3 is 0 Å². The number of nitrogens with zero attached hydrogens (tertiary/aromatic N) is 1. The topological polar surface area (TPSA) is 85.2 Å². The van der Waals surface area contributed by atoms with E-state index >= 15 is 0 Å². The summed E-state index contributed by atoms with van der Waals surface area (Å²) in [7, 11) is 0. The Balaban J connectivity index is 1.88. The molecular weight excluding hydrogens is 302 g/mol. The van der Waals surface area contributed by atoms with Crippen molar-refractivity contribution in [2.75, 3.05) is 11.9 Å². The van der Waals surface area contributed by atoms with Crippen molar-refractivity contribution < 1.29 is 9.90 Å². The Morgan fingerprint density at radius 3 is 2.67 bits per heavy atom. The molecule has 2 aromatic carbocycles. The van der Waals surface area contributed by atoms with E-state index in [2.05, 4.69) is 10.6 Å². The van der Waals surface area contributed by atoms with Crippen LogP contribution in [0.5, 0.6) is 5.75 Å². The molecule has 0 aliphatic heterocycles. The summed E-state index contributed by atoms with van der Waals surface area (Å²) in [5.74, 6) is -0.212. The van der Waals surface area contributed by atoms with Gasteiger partial charge in [0, 0.05) is 18.4 Å². The second-order valence-electron chi connectivity index (χ2n) is 5.36. The van der Waals surface area contributed by atoms with Gasteiger partial charge < -0.3 is 15.7 Å². The first-order chi connectivity index (χ1) is 11.6. The Morgan fingerprint density at radius 2 is 2.00 bits per heavy atom. The van der Waals surface area contributed by atoms with Gasteiger partial charge in [-0.3, -0.25) is 4.79 Å². The average molecular weight is 321 g/mol. The number of anilines is 1. The normalized spacial score (nSPS) is 10.8. The summed E-state index contributed by atoms with van der Waals surface area (Å²) < 4.78 is 0. The lowest BCUT2D eigenvalue weighted by Crippen LogP contribution is -2.27. The number of amides is 1. The van der Waals surface area contributed by atoms with Gasteiger partial charge in [-0.1, -0.05) is 24.3 Å². The van der Waals surface area contributed by atoms with Crippen LogP contribution >= 0.6 is 0 Å². The molecule has 0 fully saturated rings. The quantitative estimate of drug-likeness (QED) is 0.564. The number of carbonyl (C=O) groups is 1. The molecule has 0 atom stereocenters. The molecule has 0 heterocycles. The number of phenolic OH excluding ortho intramolecular Hbond substituents is 1. The minimum atomic E-state index is -0.420. The molecular formula is C19H19N3O2. The standard InChI is InChI=1S/C19H19N3O2/c1-14-3-2-4-17(11-14)22-13-16(12-20)19(24)21-10-9-15-5-7-18(23)8-6-15/h2-8,11,13,22-23H,9-10H2,1H3,(H,21,24)/b16-13-. The van der Waals surface area contributed by atoms with Gasteiger partial charge in [0.2, 0.25) is 0 Å². The van der Waals surface area contributed by atoms with Gasteiger partial charge in [0.05, 0.1) is 0 Å². The van der Waals surface area contributed by atoms with Crippen molar-refractivity contribution in [2.24, 2.45) is 0 Å². The molecule has 0 unspecified atom stereocenters. The van der Waals surface area contributed by atoms with E-state index in [0.717, 1.165) is 16.8 Å². The molecule has 0 spiro atoms. The third kappa shape index (κ3) is 5.18. The van der Waals surface area contributed by atoms with E-state index in [9.17, 15) is 9.90 Å². The molecule has 0 saturated heterocycles. The smallest absolute Gasteiger partial charge is 0.263 e. The monoisotopic (exact) mass is 321 g/mol. The van der Waals surface area contributed by atoms with Crippen LogP contribution in [0.2, 0.25) is 0 Å². The molecule has 0 aliphatic rings. The number of carbonyl (C=O) groups excluding carboxylic acids is 1. The molecule has 24 heavy (non-hydrogen) atoms. The van der Waals surface area contributed by atoms with Crippen LogP contribution in [0.1, 0.15) is 11.1 Å². The van der Waals surface area contributed by atoms with E-state index in [1.807, 2.05) is 37.3 Å². The highest BCUT2D eigenvalue weighted by Crippen LogP contribution is 2.11. The van der Waals surface area contributed by atoms with Crippen LogP contribution < -0.4 is 10.6 Å². The van der Waals surface area contributed by atoms with Crippen LogP contribution in [0.4, 0.5) is 5.69 Å². The Labute approximate surface area is 141 Å². The van der Waals surface area contributed by atoms with E-state index in [4.69, 9.17) is 5.26 Å². The lowest BCUT2D eigenvalue weighted by molar-refractivity contribution is -0.117. The molecule has 5 nitrogen and oxygen atoms in total. The van der Waals surface area contributed by atoms with E-state index in [1.54, 1.807) is 24.3 Å². The van der Waals surface area contributed by atoms with Gasteiger partial charge in [0.1, 0.15) is 17.4 Å². The third-order valence-electron chi connectivity index (χ3n) is 3.40. The van der Waals surface area contributed by atoms with Gasteiger partial charge in [-0.05, 0) is 48.7 Å². The van der Waals surface area contributed by atoms with Crippen molar-refractivity contribution >= 4 is 11.6 Å². The Kier molecular flexibility index (Phi) is 5.98. The third-order valence-corrected chi connectivity index (χ3v) is 3.40. The summed E-state index contributed by atoms with van der Waals surface area (Å²) in [4.78, 5) is 12.0. The fourth-order valence-electron chi connectivity index (χ4n) is 2.12. The molecule has 1 amide bonds. The minimum Gasteiger partial charge on any atom is -0.508 e. The summed E-state index contributed by atoms with van der Waals surface area (Å²) >= 11 is 0. The number of nitriles is 1. The Hall–Kier alpha value is -3.26. The number of aryl methyl sites for hydroxylation is 1. The molecule has 5 heteroatoms. The first kappa shape index (κ1) is 17.1. The van der Waals surface area contributed by atoms with Gasteiger partial charge in [-0.15, -0.1) is 0 Å². The zero-order valence-corrected chi connectivity index (χ0v) is 13.4.